The Balaban J connectivity index is -0.0000000267. The zero-order valence-electron chi connectivity index (χ0n) is 4.47. The number of hydrogen-bond acceptors (Lipinski definition) is 2. The monoisotopic (exact) mass is 280 g/mol. The van der Waals surface area contributed by atoms with Gasteiger partial charge in [0.1, 0.15) is 0 Å². The minimum absolute atomic E-state index is 0. The largest absolute Gasteiger partial charge is 1.00 e. The van der Waals surface area contributed by atoms with Gasteiger partial charge in [-0.2, -0.15) is 8.42 Å². The maximum Gasteiger partial charge on any atom is 1.00 e. The van der Waals surface area contributed by atoms with Crippen molar-refractivity contribution in [2.45, 2.75) is 0 Å². The molecule has 0 heterocycles. The molecule has 0 atom stereocenters. The molecule has 0 aliphatic rings. The second-order valence-corrected chi connectivity index (χ2v) is 1.34. The Morgan fingerprint density at radius 2 is 1.29 bits per heavy atom. The molecule has 42 valence electrons. The maximum atomic E-state index is 8.74. The smallest absolute Gasteiger partial charge is 1.00 e. The summed E-state index contributed by atoms with van der Waals surface area (Å²) in [5, 5.41) is 0. The van der Waals surface area contributed by atoms with Gasteiger partial charge in [0.05, 0.1) is 0 Å². The molecule has 0 fully saturated rings. The Morgan fingerprint density at radius 3 is 1.29 bits per heavy atom. The van der Waals surface area contributed by atoms with E-state index >= 15 is 0 Å². The third-order valence-electron chi connectivity index (χ3n) is 0. The molecule has 0 aliphatic carbocycles. The van der Waals surface area contributed by atoms with Gasteiger partial charge in [-0.3, -0.25) is 9.11 Å². The average Bonchev–Trinajstić information content (AvgIpc) is 0.722. The van der Waals surface area contributed by atoms with Crippen molar-refractivity contribution < 1.29 is 88.4 Å². The summed E-state index contributed by atoms with van der Waals surface area (Å²) in [6, 6.07) is 0. The van der Waals surface area contributed by atoms with E-state index in [4.69, 9.17) is 17.5 Å². The van der Waals surface area contributed by atoms with Crippen LogP contribution in [0.25, 0.3) is 0 Å². The SMILES string of the molecule is O=S(=O)(O)O.[Gd].[H-].[Na+]. The molecule has 0 aliphatic heterocycles. The molecule has 7 heteroatoms. The van der Waals surface area contributed by atoms with Gasteiger partial charge in [0, 0.05) is 39.9 Å². The Morgan fingerprint density at radius 1 is 1.29 bits per heavy atom. The molecule has 0 saturated heterocycles. The molecule has 0 radical (unpaired) electrons. The van der Waals surface area contributed by atoms with Gasteiger partial charge < -0.3 is 1.43 Å². The predicted molar refractivity (Wildman–Crippen MR) is 15.3 cm³/mol. The Labute approximate surface area is 97.1 Å². The summed E-state index contributed by atoms with van der Waals surface area (Å²) in [5.74, 6) is 0. The summed E-state index contributed by atoms with van der Waals surface area (Å²) in [5.41, 5.74) is 0. The van der Waals surface area contributed by atoms with Crippen molar-refractivity contribution in [2.24, 2.45) is 0 Å². The summed E-state index contributed by atoms with van der Waals surface area (Å²) in [6.07, 6.45) is 0. The second kappa shape index (κ2) is 6.32. The molecule has 0 amide bonds. The molecule has 7 heavy (non-hydrogen) atoms. The first kappa shape index (κ1) is 16.1. The third-order valence-corrected chi connectivity index (χ3v) is 0. The quantitative estimate of drug-likeness (QED) is 0.356. The van der Waals surface area contributed by atoms with E-state index in [1.807, 2.05) is 0 Å². The topological polar surface area (TPSA) is 74.6 Å². The third kappa shape index (κ3) is 65.3. The van der Waals surface area contributed by atoms with Gasteiger partial charge in [-0.15, -0.1) is 0 Å². The van der Waals surface area contributed by atoms with Gasteiger partial charge in [0.2, 0.25) is 0 Å². The molecule has 0 unspecified atom stereocenters. The van der Waals surface area contributed by atoms with Crippen LogP contribution >= 0.6 is 0 Å². The standard InChI is InChI=1S/Gd.Na.H2O4S.H/c;;1-5(2,3)4;/h;;(H2,1,2,3,4);/q;+1;;-1. The van der Waals surface area contributed by atoms with Gasteiger partial charge in [-0.25, -0.2) is 0 Å². The van der Waals surface area contributed by atoms with Crippen LogP contribution in [0.3, 0.4) is 0 Å². The van der Waals surface area contributed by atoms with E-state index in [0.29, 0.717) is 0 Å². The summed E-state index contributed by atoms with van der Waals surface area (Å²) < 4.78 is 31.6. The molecular formula is H3GdNaO4S. The van der Waals surface area contributed by atoms with Crippen LogP contribution in [0.1, 0.15) is 1.43 Å². The Kier molecular flexibility index (Phi) is 14.5. The molecule has 2 N–H and O–H groups in total. The molecular weight excluding hydrogens is 276 g/mol. The van der Waals surface area contributed by atoms with Crippen LogP contribution in [0, 0.1) is 39.9 Å². The molecule has 4 nitrogen and oxygen atoms in total. The van der Waals surface area contributed by atoms with Crippen LogP contribution in [0.4, 0.5) is 0 Å². The van der Waals surface area contributed by atoms with Crippen LogP contribution in [0.15, 0.2) is 0 Å². The van der Waals surface area contributed by atoms with Gasteiger partial charge in [0.25, 0.3) is 0 Å². The first-order chi connectivity index (χ1) is 2.00. The van der Waals surface area contributed by atoms with Gasteiger partial charge >= 0.3 is 40.0 Å². The zero-order valence-corrected chi connectivity index (χ0v) is 8.56. The van der Waals surface area contributed by atoms with Crippen LogP contribution in [0.5, 0.6) is 0 Å². The molecule has 0 aromatic rings. The van der Waals surface area contributed by atoms with E-state index in [9.17, 15) is 0 Å². The first-order valence-electron chi connectivity index (χ1n) is 0.698. The summed E-state index contributed by atoms with van der Waals surface area (Å²) in [6.45, 7) is 0. The van der Waals surface area contributed by atoms with Crippen molar-refractivity contribution in [1.82, 2.24) is 0 Å². The maximum absolute atomic E-state index is 8.74. The number of hydrogen-bond donors (Lipinski definition) is 2. The van der Waals surface area contributed by atoms with E-state index in [0.717, 1.165) is 0 Å². The fraction of sp³-hybridized carbons (Fsp3) is 0. The summed E-state index contributed by atoms with van der Waals surface area (Å²) in [4.78, 5) is 0. The molecule has 0 bridgehead atoms. The van der Waals surface area contributed by atoms with Crippen molar-refractivity contribution >= 4 is 10.4 Å². The molecule has 0 rings (SSSR count). The van der Waals surface area contributed by atoms with E-state index in [1.54, 1.807) is 0 Å². The molecule has 0 saturated carbocycles. The van der Waals surface area contributed by atoms with E-state index < -0.39 is 10.4 Å². The van der Waals surface area contributed by atoms with Crippen molar-refractivity contribution in [3.8, 4) is 0 Å². The summed E-state index contributed by atoms with van der Waals surface area (Å²) in [7, 11) is -4.67. The van der Waals surface area contributed by atoms with Crippen molar-refractivity contribution in [1.29, 1.82) is 0 Å². The molecule has 0 spiro atoms. The Bertz CT molecular complexity index is 99.2. The fourth-order valence-electron chi connectivity index (χ4n) is 0. The van der Waals surface area contributed by atoms with Gasteiger partial charge in [-0.1, -0.05) is 0 Å². The van der Waals surface area contributed by atoms with Crippen LogP contribution in [-0.4, -0.2) is 17.5 Å². The number of rotatable bonds is 0. The van der Waals surface area contributed by atoms with Crippen LogP contribution < -0.4 is 29.6 Å². The second-order valence-electron chi connectivity index (χ2n) is 0.448. The van der Waals surface area contributed by atoms with E-state index in [2.05, 4.69) is 0 Å². The van der Waals surface area contributed by atoms with Crippen molar-refractivity contribution in [3.05, 3.63) is 0 Å². The van der Waals surface area contributed by atoms with Gasteiger partial charge in [0.15, 0.2) is 0 Å². The van der Waals surface area contributed by atoms with Crippen molar-refractivity contribution in [2.75, 3.05) is 0 Å². The molecule has 0 aromatic heterocycles. The Hall–Kier alpha value is 2.19. The van der Waals surface area contributed by atoms with Crippen LogP contribution in [-0.2, 0) is 10.4 Å². The normalized spacial score (nSPS) is 8.29. The minimum atomic E-state index is -4.67. The van der Waals surface area contributed by atoms with Crippen LogP contribution in [0.2, 0.25) is 0 Å². The van der Waals surface area contributed by atoms with Crippen molar-refractivity contribution in [3.63, 3.8) is 0 Å². The predicted octanol–water partition coefficient (Wildman–Crippen LogP) is -3.54. The van der Waals surface area contributed by atoms with Gasteiger partial charge in [-0.05, 0) is 0 Å². The molecule has 0 aromatic carbocycles. The summed E-state index contributed by atoms with van der Waals surface area (Å²) >= 11 is 0. The first-order valence-corrected chi connectivity index (χ1v) is 2.10. The van der Waals surface area contributed by atoms with E-state index in [-0.39, 0.29) is 70.9 Å². The average molecular weight is 279 g/mol. The van der Waals surface area contributed by atoms with E-state index in [1.165, 1.54) is 0 Å². The minimum Gasteiger partial charge on any atom is -1.00 e. The fourth-order valence-corrected chi connectivity index (χ4v) is 0. The zero-order chi connectivity index (χ0) is 4.50.